The van der Waals surface area contributed by atoms with E-state index >= 15 is 0 Å². The van der Waals surface area contributed by atoms with E-state index in [0.717, 1.165) is 33.0 Å². The molecular weight excluding hydrogens is 350 g/mol. The summed E-state index contributed by atoms with van der Waals surface area (Å²) in [4.78, 5) is 4.59. The number of benzene rings is 2. The van der Waals surface area contributed by atoms with Gasteiger partial charge in [-0.3, -0.25) is 0 Å². The fourth-order valence-corrected chi connectivity index (χ4v) is 3.49. The number of aliphatic hydroxyl groups is 1. The maximum absolute atomic E-state index is 10.1. The first kappa shape index (κ1) is 17.1. The summed E-state index contributed by atoms with van der Waals surface area (Å²) in [7, 11) is 0. The standard InChI is InChI=1S/C20H19NO4S/c22-16(11-23-10-14-5-7-18-19(9-14)25-13-24-18)12-26-20-8-6-15-3-1-2-4-17(15)21-20/h1-9,16,22H,10-13H2. The summed E-state index contributed by atoms with van der Waals surface area (Å²) in [6, 6.07) is 17.7. The molecule has 1 unspecified atom stereocenters. The van der Waals surface area contributed by atoms with Gasteiger partial charge in [0.05, 0.1) is 29.9 Å². The molecule has 5 nitrogen and oxygen atoms in total. The molecule has 0 aliphatic carbocycles. The summed E-state index contributed by atoms with van der Waals surface area (Å²) in [6.07, 6.45) is -0.553. The molecule has 1 aliphatic heterocycles. The Hall–Kier alpha value is -2.28. The van der Waals surface area contributed by atoms with Crippen LogP contribution in [0.5, 0.6) is 11.5 Å². The van der Waals surface area contributed by atoms with Gasteiger partial charge in [-0.15, -0.1) is 11.8 Å². The van der Waals surface area contributed by atoms with Crippen molar-refractivity contribution in [3.05, 3.63) is 60.2 Å². The molecule has 0 saturated carbocycles. The normalized spacial score (nSPS) is 13.9. The Labute approximate surface area is 155 Å². The third-order valence-corrected chi connectivity index (χ3v) is 5.09. The fraction of sp³-hybridized carbons (Fsp3) is 0.250. The zero-order chi connectivity index (χ0) is 17.8. The number of hydrogen-bond donors (Lipinski definition) is 1. The first-order chi connectivity index (χ1) is 12.8. The summed E-state index contributed by atoms with van der Waals surface area (Å²) >= 11 is 1.53. The molecule has 1 atom stereocenters. The Morgan fingerprint density at radius 3 is 2.92 bits per heavy atom. The van der Waals surface area contributed by atoms with Crippen molar-refractivity contribution in [3.8, 4) is 11.5 Å². The molecule has 2 aromatic carbocycles. The van der Waals surface area contributed by atoms with E-state index in [2.05, 4.69) is 4.98 Å². The molecule has 0 fully saturated rings. The first-order valence-electron chi connectivity index (χ1n) is 8.41. The van der Waals surface area contributed by atoms with E-state index in [1.165, 1.54) is 11.8 Å². The maximum Gasteiger partial charge on any atom is 0.231 e. The number of aromatic nitrogens is 1. The average Bonchev–Trinajstić information content (AvgIpc) is 3.14. The van der Waals surface area contributed by atoms with E-state index in [1.54, 1.807) is 0 Å². The van der Waals surface area contributed by atoms with Gasteiger partial charge in [0.2, 0.25) is 6.79 Å². The van der Waals surface area contributed by atoms with Crippen LogP contribution in [-0.4, -0.2) is 35.3 Å². The van der Waals surface area contributed by atoms with Crippen molar-refractivity contribution in [1.82, 2.24) is 4.98 Å². The van der Waals surface area contributed by atoms with E-state index in [1.807, 2.05) is 54.6 Å². The summed E-state index contributed by atoms with van der Waals surface area (Å²) in [5.74, 6) is 2.03. The minimum absolute atomic E-state index is 0.262. The van der Waals surface area contributed by atoms with E-state index in [4.69, 9.17) is 14.2 Å². The van der Waals surface area contributed by atoms with Crippen LogP contribution < -0.4 is 9.47 Å². The number of para-hydroxylation sites is 1. The highest BCUT2D eigenvalue weighted by Crippen LogP contribution is 2.32. The smallest absolute Gasteiger partial charge is 0.231 e. The Morgan fingerprint density at radius 2 is 1.96 bits per heavy atom. The molecule has 6 heteroatoms. The van der Waals surface area contributed by atoms with Crippen LogP contribution in [0, 0.1) is 0 Å². The van der Waals surface area contributed by atoms with Crippen molar-refractivity contribution < 1.29 is 19.3 Å². The van der Waals surface area contributed by atoms with Crippen LogP contribution in [0.25, 0.3) is 10.9 Å². The van der Waals surface area contributed by atoms with Gasteiger partial charge in [-0.25, -0.2) is 4.98 Å². The van der Waals surface area contributed by atoms with Crippen LogP contribution >= 0.6 is 11.8 Å². The molecule has 4 rings (SSSR count). The number of hydrogen-bond acceptors (Lipinski definition) is 6. The number of ether oxygens (including phenoxy) is 3. The number of fused-ring (bicyclic) bond motifs is 2. The molecule has 1 aliphatic rings. The van der Waals surface area contributed by atoms with Gasteiger partial charge >= 0.3 is 0 Å². The molecule has 0 spiro atoms. The minimum atomic E-state index is -0.553. The van der Waals surface area contributed by atoms with Crippen molar-refractivity contribution in [1.29, 1.82) is 0 Å². The Bertz CT molecular complexity index is 902. The predicted molar refractivity (Wildman–Crippen MR) is 101 cm³/mol. The van der Waals surface area contributed by atoms with Crippen LogP contribution in [0.1, 0.15) is 5.56 Å². The van der Waals surface area contributed by atoms with E-state index in [-0.39, 0.29) is 13.4 Å². The highest BCUT2D eigenvalue weighted by Gasteiger charge is 2.13. The average molecular weight is 369 g/mol. The summed E-state index contributed by atoms with van der Waals surface area (Å²) < 4.78 is 16.3. The lowest BCUT2D eigenvalue weighted by Gasteiger charge is -2.11. The number of pyridine rings is 1. The highest BCUT2D eigenvalue weighted by atomic mass is 32.2. The van der Waals surface area contributed by atoms with Crippen LogP contribution in [0.4, 0.5) is 0 Å². The summed E-state index contributed by atoms with van der Waals surface area (Å²) in [5, 5.41) is 12.2. The number of thioether (sulfide) groups is 1. The zero-order valence-electron chi connectivity index (χ0n) is 14.1. The van der Waals surface area contributed by atoms with Crippen LogP contribution in [0.15, 0.2) is 59.6 Å². The minimum Gasteiger partial charge on any atom is -0.454 e. The lowest BCUT2D eigenvalue weighted by Crippen LogP contribution is -2.18. The summed E-state index contributed by atoms with van der Waals surface area (Å²) in [5.41, 5.74) is 1.95. The quantitative estimate of drug-likeness (QED) is 0.642. The monoisotopic (exact) mass is 369 g/mol. The lowest BCUT2D eigenvalue weighted by atomic mass is 10.2. The van der Waals surface area contributed by atoms with Crippen molar-refractivity contribution >= 4 is 22.7 Å². The first-order valence-corrected chi connectivity index (χ1v) is 9.39. The Kier molecular flexibility index (Phi) is 5.24. The van der Waals surface area contributed by atoms with Crippen molar-refractivity contribution in [2.75, 3.05) is 19.2 Å². The van der Waals surface area contributed by atoms with Gasteiger partial charge in [-0.2, -0.15) is 0 Å². The Morgan fingerprint density at radius 1 is 1.08 bits per heavy atom. The topological polar surface area (TPSA) is 60.8 Å². The van der Waals surface area contributed by atoms with Crippen LogP contribution in [-0.2, 0) is 11.3 Å². The van der Waals surface area contributed by atoms with Gasteiger partial charge in [0.25, 0.3) is 0 Å². The molecule has 0 radical (unpaired) electrons. The van der Waals surface area contributed by atoms with E-state index in [9.17, 15) is 5.11 Å². The molecule has 1 N–H and O–H groups in total. The van der Waals surface area contributed by atoms with Gasteiger partial charge in [0.15, 0.2) is 11.5 Å². The van der Waals surface area contributed by atoms with Crippen LogP contribution in [0.2, 0.25) is 0 Å². The molecule has 3 aromatic rings. The molecule has 26 heavy (non-hydrogen) atoms. The number of nitrogens with zero attached hydrogens (tertiary/aromatic N) is 1. The third-order valence-electron chi connectivity index (χ3n) is 4.01. The number of aliphatic hydroxyl groups excluding tert-OH is 1. The SMILES string of the molecule is OC(COCc1ccc2c(c1)OCO2)CSc1ccc2ccccc2n1. The van der Waals surface area contributed by atoms with Gasteiger partial charge < -0.3 is 19.3 Å². The van der Waals surface area contributed by atoms with Gasteiger partial charge in [-0.05, 0) is 29.8 Å². The van der Waals surface area contributed by atoms with E-state index in [0.29, 0.717) is 12.4 Å². The molecule has 0 saturated heterocycles. The van der Waals surface area contributed by atoms with Gasteiger partial charge in [0, 0.05) is 11.1 Å². The van der Waals surface area contributed by atoms with Gasteiger partial charge in [0.1, 0.15) is 0 Å². The van der Waals surface area contributed by atoms with Crippen LogP contribution in [0.3, 0.4) is 0 Å². The largest absolute Gasteiger partial charge is 0.454 e. The molecule has 134 valence electrons. The van der Waals surface area contributed by atoms with E-state index < -0.39 is 6.10 Å². The fourth-order valence-electron chi connectivity index (χ4n) is 2.70. The zero-order valence-corrected chi connectivity index (χ0v) is 14.9. The summed E-state index contributed by atoms with van der Waals surface area (Å²) in [6.45, 7) is 0.958. The molecule has 0 amide bonds. The van der Waals surface area contributed by atoms with Crippen molar-refractivity contribution in [2.24, 2.45) is 0 Å². The molecule has 2 heterocycles. The Balaban J connectivity index is 1.24. The third kappa shape index (κ3) is 4.09. The number of rotatable bonds is 7. The second kappa shape index (κ2) is 7.95. The highest BCUT2D eigenvalue weighted by molar-refractivity contribution is 7.99. The maximum atomic E-state index is 10.1. The van der Waals surface area contributed by atoms with Crippen molar-refractivity contribution in [2.45, 2.75) is 17.7 Å². The predicted octanol–water partition coefficient (Wildman–Crippen LogP) is 3.63. The molecule has 1 aromatic heterocycles. The lowest BCUT2D eigenvalue weighted by molar-refractivity contribution is 0.0397. The van der Waals surface area contributed by atoms with Crippen molar-refractivity contribution in [3.63, 3.8) is 0 Å². The molecular formula is C20H19NO4S. The second-order valence-corrected chi connectivity index (χ2v) is 7.05. The molecule has 0 bridgehead atoms. The van der Waals surface area contributed by atoms with Gasteiger partial charge in [-0.1, -0.05) is 30.3 Å². The second-order valence-electron chi connectivity index (χ2n) is 6.01.